The van der Waals surface area contributed by atoms with Gasteiger partial charge in [0.2, 0.25) is 0 Å². The van der Waals surface area contributed by atoms with E-state index in [0.717, 1.165) is 0 Å². The molecule has 0 amide bonds. The van der Waals surface area contributed by atoms with Gasteiger partial charge in [-0.2, -0.15) is 0 Å². The van der Waals surface area contributed by atoms with Crippen molar-refractivity contribution < 1.29 is 19.2 Å². The predicted molar refractivity (Wildman–Crippen MR) is 85.6 cm³/mol. The molecule has 9 heteroatoms. The molecule has 0 fully saturated rings. The van der Waals surface area contributed by atoms with Gasteiger partial charge in [0.25, 0.3) is 5.69 Å². The molecule has 0 aromatic heterocycles. The first-order valence-corrected chi connectivity index (χ1v) is 6.73. The number of carbonyl (C=O) groups excluding carboxylic acids is 1. The molecule has 2 aromatic rings. The number of methoxy groups -OCH3 is 2. The summed E-state index contributed by atoms with van der Waals surface area (Å²) in [6.07, 6.45) is 0. The van der Waals surface area contributed by atoms with E-state index in [9.17, 15) is 14.9 Å². The Morgan fingerprint density at radius 1 is 1.21 bits per heavy atom. The van der Waals surface area contributed by atoms with Gasteiger partial charge in [-0.15, -0.1) is 5.11 Å². The number of esters is 1. The zero-order valence-corrected chi connectivity index (χ0v) is 12.9. The van der Waals surface area contributed by atoms with Crippen LogP contribution < -0.4 is 10.2 Å². The van der Waals surface area contributed by atoms with Crippen molar-refractivity contribution in [3.8, 4) is 5.75 Å². The monoisotopic (exact) mass is 330 g/mol. The zero-order chi connectivity index (χ0) is 17.5. The molecular formula is C15H14N4O5. The molecule has 0 aliphatic rings. The van der Waals surface area contributed by atoms with Gasteiger partial charge in [-0.3, -0.25) is 15.5 Å². The third-order valence-corrected chi connectivity index (χ3v) is 3.04. The Kier molecular flexibility index (Phi) is 5.40. The van der Waals surface area contributed by atoms with Gasteiger partial charge in [-0.1, -0.05) is 17.4 Å². The molecule has 0 saturated heterocycles. The highest BCUT2D eigenvalue weighted by Crippen LogP contribution is 2.31. The van der Waals surface area contributed by atoms with E-state index in [1.807, 2.05) is 0 Å². The van der Waals surface area contributed by atoms with Crippen LogP contribution in [-0.2, 0) is 4.74 Å². The summed E-state index contributed by atoms with van der Waals surface area (Å²) in [6, 6.07) is 10.7. The number of rotatable bonds is 6. The van der Waals surface area contributed by atoms with Gasteiger partial charge in [0.15, 0.2) is 5.69 Å². The molecule has 0 aliphatic carbocycles. The summed E-state index contributed by atoms with van der Waals surface area (Å²) in [4.78, 5) is 22.1. The number of hydrogen-bond donors (Lipinski definition) is 1. The molecule has 0 atom stereocenters. The van der Waals surface area contributed by atoms with Crippen LogP contribution >= 0.6 is 0 Å². The summed E-state index contributed by atoms with van der Waals surface area (Å²) in [5.41, 5.74) is 3.00. The molecule has 0 bridgehead atoms. The van der Waals surface area contributed by atoms with Crippen LogP contribution in [0.25, 0.3) is 0 Å². The largest absolute Gasteiger partial charge is 0.496 e. The molecule has 124 valence electrons. The van der Waals surface area contributed by atoms with Crippen molar-refractivity contribution in [1.29, 1.82) is 0 Å². The van der Waals surface area contributed by atoms with Gasteiger partial charge >= 0.3 is 5.97 Å². The summed E-state index contributed by atoms with van der Waals surface area (Å²) in [5, 5.41) is 18.6. The van der Waals surface area contributed by atoms with Gasteiger partial charge in [0.1, 0.15) is 5.75 Å². The van der Waals surface area contributed by atoms with Crippen LogP contribution in [0.3, 0.4) is 0 Å². The Morgan fingerprint density at radius 2 is 1.96 bits per heavy atom. The van der Waals surface area contributed by atoms with Gasteiger partial charge in [-0.25, -0.2) is 4.79 Å². The van der Waals surface area contributed by atoms with E-state index < -0.39 is 10.9 Å². The van der Waals surface area contributed by atoms with Crippen molar-refractivity contribution >= 4 is 23.0 Å². The van der Waals surface area contributed by atoms with Crippen LogP contribution in [-0.4, -0.2) is 25.1 Å². The maximum atomic E-state index is 11.6. The second-order valence-corrected chi connectivity index (χ2v) is 4.46. The fraction of sp³-hybridized carbons (Fsp3) is 0.133. The summed E-state index contributed by atoms with van der Waals surface area (Å²) in [6.45, 7) is 0. The quantitative estimate of drug-likeness (QED) is 0.375. The van der Waals surface area contributed by atoms with Crippen molar-refractivity contribution in [3.05, 3.63) is 58.1 Å². The van der Waals surface area contributed by atoms with Gasteiger partial charge in [-0.05, 0) is 24.3 Å². The highest BCUT2D eigenvalue weighted by molar-refractivity contribution is 5.95. The number of nitrogens with zero attached hydrogens (tertiary/aromatic N) is 3. The number of ether oxygens (including phenoxy) is 2. The van der Waals surface area contributed by atoms with Crippen molar-refractivity contribution in [2.45, 2.75) is 0 Å². The number of para-hydroxylation sites is 1. The van der Waals surface area contributed by atoms with E-state index in [-0.39, 0.29) is 16.9 Å². The van der Waals surface area contributed by atoms with Crippen LogP contribution in [0.4, 0.5) is 17.1 Å². The molecular weight excluding hydrogens is 316 g/mol. The summed E-state index contributed by atoms with van der Waals surface area (Å²) >= 11 is 0. The lowest BCUT2D eigenvalue weighted by Crippen LogP contribution is -2.04. The molecule has 0 radical (unpaired) electrons. The van der Waals surface area contributed by atoms with Crippen LogP contribution in [0.5, 0.6) is 5.75 Å². The third kappa shape index (κ3) is 3.83. The first kappa shape index (κ1) is 16.9. The van der Waals surface area contributed by atoms with E-state index >= 15 is 0 Å². The zero-order valence-electron chi connectivity index (χ0n) is 12.9. The van der Waals surface area contributed by atoms with E-state index in [0.29, 0.717) is 11.4 Å². The van der Waals surface area contributed by atoms with E-state index in [1.54, 1.807) is 24.3 Å². The Bertz CT molecular complexity index is 791. The molecule has 0 spiro atoms. The molecule has 9 nitrogen and oxygen atoms in total. The Morgan fingerprint density at radius 3 is 2.62 bits per heavy atom. The highest BCUT2D eigenvalue weighted by Gasteiger charge is 2.15. The number of benzene rings is 2. The number of nitro groups is 1. The number of carbonyl (C=O) groups is 1. The smallest absolute Gasteiger partial charge is 0.340 e. The SMILES string of the molecule is COC(=O)c1ccccc1NN=Nc1ccc(OC)cc1[N+](=O)[O-]. The fourth-order valence-corrected chi connectivity index (χ4v) is 1.86. The third-order valence-electron chi connectivity index (χ3n) is 3.04. The standard InChI is InChI=1S/C15H14N4O5/c1-23-10-7-8-13(14(9-10)19(21)22)17-18-16-12-6-4-3-5-11(12)15(20)24-2/h3-9H,1-2H3,(H,16,17). The minimum Gasteiger partial charge on any atom is -0.496 e. The summed E-state index contributed by atoms with van der Waals surface area (Å²) in [7, 11) is 2.67. The van der Waals surface area contributed by atoms with Crippen LogP contribution in [0.1, 0.15) is 10.4 Å². The van der Waals surface area contributed by atoms with Crippen LogP contribution in [0, 0.1) is 10.1 Å². The summed E-state index contributed by atoms with van der Waals surface area (Å²) < 4.78 is 9.61. The lowest BCUT2D eigenvalue weighted by molar-refractivity contribution is -0.384. The number of anilines is 1. The lowest BCUT2D eigenvalue weighted by atomic mass is 10.2. The number of nitrogens with one attached hydrogen (secondary N) is 1. The average molecular weight is 330 g/mol. The second-order valence-electron chi connectivity index (χ2n) is 4.46. The molecule has 2 aromatic carbocycles. The van der Waals surface area contributed by atoms with Crippen molar-refractivity contribution in [2.24, 2.45) is 10.3 Å². The van der Waals surface area contributed by atoms with E-state index in [4.69, 9.17) is 4.74 Å². The first-order chi connectivity index (χ1) is 11.6. The molecule has 1 N–H and O–H groups in total. The molecule has 24 heavy (non-hydrogen) atoms. The maximum Gasteiger partial charge on any atom is 0.340 e. The van der Waals surface area contributed by atoms with Gasteiger partial charge < -0.3 is 9.47 Å². The Labute approximate surface area is 137 Å². The van der Waals surface area contributed by atoms with Crippen molar-refractivity contribution in [1.82, 2.24) is 0 Å². The minimum absolute atomic E-state index is 0.0452. The van der Waals surface area contributed by atoms with Crippen molar-refractivity contribution in [3.63, 3.8) is 0 Å². The molecule has 0 saturated carbocycles. The summed E-state index contributed by atoms with van der Waals surface area (Å²) in [5.74, 6) is -0.201. The fourth-order valence-electron chi connectivity index (χ4n) is 1.86. The predicted octanol–water partition coefficient (Wildman–Crippen LogP) is 3.50. The highest BCUT2D eigenvalue weighted by atomic mass is 16.6. The van der Waals surface area contributed by atoms with Crippen molar-refractivity contribution in [2.75, 3.05) is 19.6 Å². The molecule has 0 aliphatic heterocycles. The Balaban J connectivity index is 2.24. The van der Waals surface area contributed by atoms with Crippen LogP contribution in [0.2, 0.25) is 0 Å². The average Bonchev–Trinajstić information content (AvgIpc) is 2.61. The minimum atomic E-state index is -0.584. The van der Waals surface area contributed by atoms with Gasteiger partial charge in [0.05, 0.1) is 36.5 Å². The molecule has 2 rings (SSSR count). The van der Waals surface area contributed by atoms with Crippen LogP contribution in [0.15, 0.2) is 52.8 Å². The first-order valence-electron chi connectivity index (χ1n) is 6.73. The topological polar surface area (TPSA) is 115 Å². The van der Waals surface area contributed by atoms with Gasteiger partial charge in [0, 0.05) is 0 Å². The molecule has 0 heterocycles. The normalized spacial score (nSPS) is 10.4. The Hall–Kier alpha value is -3.49. The number of hydrogen-bond acceptors (Lipinski definition) is 7. The van der Waals surface area contributed by atoms with E-state index in [2.05, 4.69) is 20.5 Å². The second kappa shape index (κ2) is 7.68. The van der Waals surface area contributed by atoms with E-state index in [1.165, 1.54) is 32.4 Å². The molecule has 0 unspecified atom stereocenters. The lowest BCUT2D eigenvalue weighted by Gasteiger charge is -2.05. The maximum absolute atomic E-state index is 11.6. The number of nitro benzene ring substituents is 1.